The van der Waals surface area contributed by atoms with Gasteiger partial charge in [0.25, 0.3) is 0 Å². The highest BCUT2D eigenvalue weighted by atomic mass is 32.1. The third kappa shape index (κ3) is 3.15. The molecule has 0 saturated carbocycles. The number of hydrogen-bond acceptors (Lipinski definition) is 6. The summed E-state index contributed by atoms with van der Waals surface area (Å²) in [7, 11) is 0. The number of rotatable bonds is 5. The summed E-state index contributed by atoms with van der Waals surface area (Å²) >= 11 is 1.53. The minimum Gasteiger partial charge on any atom is -0.278 e. The van der Waals surface area contributed by atoms with Gasteiger partial charge >= 0.3 is 0 Å². The molecule has 1 fully saturated rings. The standard InChI is InChI=1S/C33H24N4O2S/c38-30-28-27-21-12-4-6-14-23(21)33(24-15-7-5-13-22(24)27,19-34-36-32-35-25-16-8-9-17-26(25)40-32)29(28)31(39)37(30)18-20-10-2-1-3-11-20/h1-17,19,27-29H,18H2,(H,35,36). The van der Waals surface area contributed by atoms with E-state index in [0.717, 1.165) is 38.0 Å². The van der Waals surface area contributed by atoms with E-state index in [0.29, 0.717) is 5.13 Å². The van der Waals surface area contributed by atoms with Crippen molar-refractivity contribution in [2.24, 2.45) is 16.9 Å². The fraction of sp³-hybridized carbons (Fsp3) is 0.152. The lowest BCUT2D eigenvalue weighted by Gasteiger charge is -2.52. The Morgan fingerprint density at radius 1 is 0.825 bits per heavy atom. The maximum atomic E-state index is 14.3. The zero-order valence-corrected chi connectivity index (χ0v) is 22.2. The molecule has 5 aromatic rings. The second-order valence-corrected chi connectivity index (χ2v) is 11.7. The molecular formula is C33H24N4O2S. The molecule has 7 heteroatoms. The van der Waals surface area contributed by atoms with Gasteiger partial charge in [-0.25, -0.2) is 4.98 Å². The van der Waals surface area contributed by atoms with Crippen molar-refractivity contribution in [2.75, 3.05) is 5.43 Å². The Morgan fingerprint density at radius 3 is 2.20 bits per heavy atom. The van der Waals surface area contributed by atoms with Gasteiger partial charge in [0, 0.05) is 12.1 Å². The zero-order valence-electron chi connectivity index (χ0n) is 21.4. The summed E-state index contributed by atoms with van der Waals surface area (Å²) in [5.74, 6) is -1.50. The van der Waals surface area contributed by atoms with Crippen LogP contribution in [0.25, 0.3) is 10.2 Å². The highest BCUT2D eigenvalue weighted by molar-refractivity contribution is 7.22. The summed E-state index contributed by atoms with van der Waals surface area (Å²) < 4.78 is 1.07. The van der Waals surface area contributed by atoms with Gasteiger partial charge in [-0.3, -0.25) is 19.9 Å². The smallest absolute Gasteiger partial charge is 0.235 e. The van der Waals surface area contributed by atoms with Crippen LogP contribution in [0.2, 0.25) is 0 Å². The summed E-state index contributed by atoms with van der Waals surface area (Å²) in [6, 6.07) is 34.1. The number of amides is 2. The van der Waals surface area contributed by atoms with E-state index in [1.165, 1.54) is 16.2 Å². The van der Waals surface area contributed by atoms with Gasteiger partial charge in [-0.1, -0.05) is 102 Å². The van der Waals surface area contributed by atoms with Crippen LogP contribution in [0.4, 0.5) is 5.13 Å². The molecule has 40 heavy (non-hydrogen) atoms. The minimum absolute atomic E-state index is 0.107. The largest absolute Gasteiger partial charge is 0.278 e. The Hall–Kier alpha value is -4.62. The molecule has 1 saturated heterocycles. The normalized spacial score (nSPS) is 24.4. The van der Waals surface area contributed by atoms with E-state index in [9.17, 15) is 9.59 Å². The number of anilines is 1. The van der Waals surface area contributed by atoms with Crippen molar-refractivity contribution in [2.45, 2.75) is 17.9 Å². The van der Waals surface area contributed by atoms with Gasteiger partial charge in [0.05, 0.1) is 34.0 Å². The van der Waals surface area contributed by atoms with E-state index in [1.807, 2.05) is 85.1 Å². The number of nitrogens with one attached hydrogen (secondary N) is 1. The van der Waals surface area contributed by atoms with Crippen LogP contribution in [0.3, 0.4) is 0 Å². The number of aromatic nitrogens is 1. The van der Waals surface area contributed by atoms with Gasteiger partial charge in [0.2, 0.25) is 16.9 Å². The van der Waals surface area contributed by atoms with Crippen LogP contribution >= 0.6 is 11.3 Å². The topological polar surface area (TPSA) is 74.7 Å². The van der Waals surface area contributed by atoms with Crippen LogP contribution in [0, 0.1) is 11.8 Å². The first-order valence-corrected chi connectivity index (χ1v) is 14.2. The molecule has 6 nitrogen and oxygen atoms in total. The second-order valence-electron chi connectivity index (χ2n) is 10.6. The number of para-hydroxylation sites is 1. The molecule has 0 spiro atoms. The van der Waals surface area contributed by atoms with Crippen LogP contribution in [0.1, 0.15) is 33.7 Å². The zero-order chi connectivity index (χ0) is 26.8. The molecule has 0 radical (unpaired) electrons. The van der Waals surface area contributed by atoms with Crippen LogP contribution < -0.4 is 5.43 Å². The average molecular weight is 541 g/mol. The first-order valence-electron chi connectivity index (χ1n) is 13.4. The van der Waals surface area contributed by atoms with Crippen molar-refractivity contribution in [1.82, 2.24) is 9.88 Å². The first-order chi connectivity index (χ1) is 19.7. The molecule has 194 valence electrons. The summed E-state index contributed by atoms with van der Waals surface area (Å²) in [4.78, 5) is 34.6. The third-order valence-electron chi connectivity index (χ3n) is 8.68. The van der Waals surface area contributed by atoms with Crippen LogP contribution in [-0.2, 0) is 21.5 Å². The lowest BCUT2D eigenvalue weighted by atomic mass is 9.47. The van der Waals surface area contributed by atoms with Gasteiger partial charge < -0.3 is 0 Å². The van der Waals surface area contributed by atoms with E-state index < -0.39 is 17.3 Å². The van der Waals surface area contributed by atoms with E-state index in [1.54, 1.807) is 0 Å². The molecule has 2 atom stereocenters. The predicted octanol–water partition coefficient (Wildman–Crippen LogP) is 5.94. The Labute approximate surface area is 235 Å². The van der Waals surface area contributed by atoms with E-state index >= 15 is 0 Å². The van der Waals surface area contributed by atoms with E-state index in [-0.39, 0.29) is 24.3 Å². The number of carbonyl (C=O) groups excluding carboxylic acids is 2. The van der Waals surface area contributed by atoms with Crippen LogP contribution in [0.15, 0.2) is 108 Å². The highest BCUT2D eigenvalue weighted by Crippen LogP contribution is 2.63. The Balaban J connectivity index is 1.28. The molecule has 3 aliphatic carbocycles. The molecule has 2 amide bonds. The minimum atomic E-state index is -0.894. The number of carbonyl (C=O) groups is 2. The van der Waals surface area contributed by atoms with Gasteiger partial charge in [0.15, 0.2) is 0 Å². The van der Waals surface area contributed by atoms with Crippen molar-refractivity contribution < 1.29 is 9.59 Å². The van der Waals surface area contributed by atoms with Gasteiger partial charge in [-0.15, -0.1) is 0 Å². The summed E-state index contributed by atoms with van der Waals surface area (Å²) in [6.45, 7) is 0.266. The monoisotopic (exact) mass is 540 g/mol. The van der Waals surface area contributed by atoms with Crippen LogP contribution in [-0.4, -0.2) is 27.9 Å². The molecule has 2 unspecified atom stereocenters. The number of likely N-dealkylation sites (tertiary alicyclic amines) is 1. The number of fused-ring (bicyclic) bond motifs is 1. The number of nitrogens with zero attached hydrogens (tertiary/aromatic N) is 3. The fourth-order valence-corrected chi connectivity index (χ4v) is 7.96. The van der Waals surface area contributed by atoms with Gasteiger partial charge in [-0.2, -0.15) is 5.10 Å². The van der Waals surface area contributed by atoms with Crippen molar-refractivity contribution >= 4 is 44.7 Å². The van der Waals surface area contributed by atoms with Gasteiger partial charge in [-0.05, 0) is 39.9 Å². The predicted molar refractivity (Wildman–Crippen MR) is 156 cm³/mol. The number of imide groups is 1. The highest BCUT2D eigenvalue weighted by Gasteiger charge is 2.67. The average Bonchev–Trinajstić information content (AvgIpc) is 3.52. The number of hydrazone groups is 1. The van der Waals surface area contributed by atoms with E-state index in [2.05, 4.69) is 34.7 Å². The molecule has 1 aromatic heterocycles. The Morgan fingerprint density at radius 2 is 1.48 bits per heavy atom. The molecule has 2 bridgehead atoms. The molecular weight excluding hydrogens is 516 g/mol. The first kappa shape index (κ1) is 23.3. The number of thiazole rings is 1. The molecule has 1 N–H and O–H groups in total. The molecule has 9 rings (SSSR count). The lowest BCUT2D eigenvalue weighted by molar-refractivity contribution is -0.140. The number of benzene rings is 4. The van der Waals surface area contributed by atoms with E-state index in [4.69, 9.17) is 5.10 Å². The molecule has 4 aromatic carbocycles. The second kappa shape index (κ2) is 8.69. The third-order valence-corrected chi connectivity index (χ3v) is 9.62. The quantitative estimate of drug-likeness (QED) is 0.170. The summed E-state index contributed by atoms with van der Waals surface area (Å²) in [5.41, 5.74) is 8.36. The molecule has 1 aliphatic heterocycles. The Bertz CT molecular complexity index is 1770. The number of hydrogen-bond donors (Lipinski definition) is 1. The van der Waals surface area contributed by atoms with Crippen molar-refractivity contribution in [3.8, 4) is 0 Å². The maximum absolute atomic E-state index is 14.3. The van der Waals surface area contributed by atoms with Gasteiger partial charge in [0.1, 0.15) is 0 Å². The van der Waals surface area contributed by atoms with Crippen LogP contribution in [0.5, 0.6) is 0 Å². The summed E-state index contributed by atoms with van der Waals surface area (Å²) in [5, 5.41) is 5.42. The SMILES string of the molecule is O=C1C2C3c4ccccc4C(C=NNc4nc5ccccc5s4)(c4ccccc43)C2C(=O)N1Cc1ccccc1. The van der Waals surface area contributed by atoms with Crippen molar-refractivity contribution in [3.63, 3.8) is 0 Å². The molecule has 4 aliphatic rings. The fourth-order valence-electron chi connectivity index (χ4n) is 7.14. The molecule has 2 heterocycles. The van der Waals surface area contributed by atoms with Crippen molar-refractivity contribution in [1.29, 1.82) is 0 Å². The Kier molecular flexibility index (Phi) is 5.06. The lowest BCUT2D eigenvalue weighted by Crippen LogP contribution is -2.54. The van der Waals surface area contributed by atoms with Crippen molar-refractivity contribution in [3.05, 3.63) is 131 Å². The maximum Gasteiger partial charge on any atom is 0.235 e. The summed E-state index contributed by atoms with van der Waals surface area (Å²) in [6.07, 6.45) is 1.86.